The molecule has 0 aromatic heterocycles. The van der Waals surface area contributed by atoms with Crippen LogP contribution in [-0.2, 0) is 4.79 Å². The van der Waals surface area contributed by atoms with Crippen LogP contribution in [0.4, 0.5) is 0 Å². The summed E-state index contributed by atoms with van der Waals surface area (Å²) in [6.45, 7) is 6.55. The van der Waals surface area contributed by atoms with E-state index in [1.807, 2.05) is 57.2 Å². The van der Waals surface area contributed by atoms with Crippen LogP contribution >= 0.6 is 11.8 Å². The minimum atomic E-state index is -0.529. The van der Waals surface area contributed by atoms with E-state index in [-0.39, 0.29) is 11.8 Å². The summed E-state index contributed by atoms with van der Waals surface area (Å²) >= 11 is 1.70. The lowest BCUT2D eigenvalue weighted by molar-refractivity contribution is -0.123. The number of benzene rings is 2. The Labute approximate surface area is 166 Å². The number of carbonyl (C=O) groups is 2. The second-order valence-electron chi connectivity index (χ2n) is 6.92. The lowest BCUT2D eigenvalue weighted by Crippen LogP contribution is -2.48. The molecule has 1 atom stereocenters. The summed E-state index contributed by atoms with van der Waals surface area (Å²) in [5, 5.41) is 5.86. The van der Waals surface area contributed by atoms with Crippen molar-refractivity contribution in [3.05, 3.63) is 65.7 Å². The summed E-state index contributed by atoms with van der Waals surface area (Å²) in [7, 11) is 0. The molecule has 0 bridgehead atoms. The second-order valence-corrected chi connectivity index (χ2v) is 8.09. The summed E-state index contributed by atoms with van der Waals surface area (Å²) in [5.41, 5.74) is 1.51. The maximum absolute atomic E-state index is 12.6. The van der Waals surface area contributed by atoms with Crippen molar-refractivity contribution in [3.63, 3.8) is 0 Å². The molecule has 4 nitrogen and oxygen atoms in total. The second kappa shape index (κ2) is 10.8. The predicted molar refractivity (Wildman–Crippen MR) is 112 cm³/mol. The maximum Gasteiger partial charge on any atom is 0.252 e. The molecule has 1 unspecified atom stereocenters. The molecule has 0 heterocycles. The van der Waals surface area contributed by atoms with Crippen LogP contribution in [0.1, 0.15) is 36.2 Å². The Kier molecular flexibility index (Phi) is 8.40. The summed E-state index contributed by atoms with van der Waals surface area (Å²) < 4.78 is 0. The lowest BCUT2D eigenvalue weighted by Gasteiger charge is -2.20. The molecule has 144 valence electrons. The van der Waals surface area contributed by atoms with Gasteiger partial charge in [-0.2, -0.15) is 0 Å². The molecular formula is C22H28N2O2S. The lowest BCUT2D eigenvalue weighted by atomic mass is 10.0. The average molecular weight is 385 g/mol. The summed E-state index contributed by atoms with van der Waals surface area (Å²) in [5.74, 6) is 0.763. The van der Waals surface area contributed by atoms with Crippen LogP contribution in [0.15, 0.2) is 59.5 Å². The van der Waals surface area contributed by atoms with Crippen molar-refractivity contribution in [2.45, 2.75) is 38.1 Å². The Balaban J connectivity index is 1.89. The zero-order valence-corrected chi connectivity index (χ0v) is 17.0. The molecule has 0 aliphatic heterocycles. The molecule has 2 rings (SSSR count). The van der Waals surface area contributed by atoms with Crippen LogP contribution in [-0.4, -0.2) is 30.2 Å². The first-order chi connectivity index (χ1) is 13.0. The monoisotopic (exact) mass is 384 g/mol. The fourth-order valence-corrected chi connectivity index (χ4v) is 3.54. The van der Waals surface area contributed by atoms with Crippen molar-refractivity contribution in [1.82, 2.24) is 10.6 Å². The Hall–Kier alpha value is -2.27. The third kappa shape index (κ3) is 7.10. The zero-order valence-electron chi connectivity index (χ0n) is 16.2. The fraction of sp³-hybridized carbons (Fsp3) is 0.364. The van der Waals surface area contributed by atoms with E-state index in [4.69, 9.17) is 0 Å². The quantitative estimate of drug-likeness (QED) is 0.507. The van der Waals surface area contributed by atoms with Crippen molar-refractivity contribution >= 4 is 23.6 Å². The van der Waals surface area contributed by atoms with Crippen molar-refractivity contribution < 1.29 is 9.59 Å². The van der Waals surface area contributed by atoms with E-state index in [0.717, 1.165) is 11.3 Å². The van der Waals surface area contributed by atoms with E-state index in [2.05, 4.69) is 22.8 Å². The molecular weight excluding hydrogens is 356 g/mol. The van der Waals surface area contributed by atoms with Gasteiger partial charge >= 0.3 is 0 Å². The highest BCUT2D eigenvalue weighted by molar-refractivity contribution is 7.99. The van der Waals surface area contributed by atoms with Crippen LogP contribution in [0, 0.1) is 12.8 Å². The highest BCUT2D eigenvalue weighted by atomic mass is 32.2. The Morgan fingerprint density at radius 2 is 1.67 bits per heavy atom. The largest absolute Gasteiger partial charge is 0.353 e. The highest BCUT2D eigenvalue weighted by Gasteiger charge is 2.22. The van der Waals surface area contributed by atoms with Gasteiger partial charge in [0.25, 0.3) is 5.91 Å². The molecule has 0 saturated heterocycles. The molecule has 2 aromatic rings. The average Bonchev–Trinajstić information content (AvgIpc) is 2.65. The van der Waals surface area contributed by atoms with E-state index in [9.17, 15) is 9.59 Å². The molecule has 2 N–H and O–H groups in total. The van der Waals surface area contributed by atoms with E-state index in [1.54, 1.807) is 17.8 Å². The minimum absolute atomic E-state index is 0.126. The van der Waals surface area contributed by atoms with Gasteiger partial charge in [0.1, 0.15) is 6.04 Å². The first-order valence-corrected chi connectivity index (χ1v) is 10.3. The Morgan fingerprint density at radius 3 is 2.33 bits per heavy atom. The molecule has 5 heteroatoms. The first kappa shape index (κ1) is 21.0. The number of hydrogen-bond acceptors (Lipinski definition) is 3. The molecule has 0 fully saturated rings. The van der Waals surface area contributed by atoms with E-state index in [0.29, 0.717) is 24.4 Å². The molecule has 0 radical (unpaired) electrons. The standard InChI is InChI=1S/C22H28N2O2S/c1-16(2)15-20(24-21(25)19-12-8-7-9-17(19)3)22(26)23-13-14-27-18-10-5-4-6-11-18/h4-12,16,20H,13-15H2,1-3H3,(H,23,26)(H,24,25). The van der Waals surface area contributed by atoms with Crippen molar-refractivity contribution in [2.24, 2.45) is 5.92 Å². The van der Waals surface area contributed by atoms with Gasteiger partial charge < -0.3 is 10.6 Å². The van der Waals surface area contributed by atoms with Crippen LogP contribution in [0.2, 0.25) is 0 Å². The van der Waals surface area contributed by atoms with Crippen LogP contribution in [0.3, 0.4) is 0 Å². The number of aryl methyl sites for hydroxylation is 1. The van der Waals surface area contributed by atoms with Crippen LogP contribution < -0.4 is 10.6 Å². The smallest absolute Gasteiger partial charge is 0.252 e. The van der Waals surface area contributed by atoms with Gasteiger partial charge in [0.05, 0.1) is 0 Å². The number of rotatable bonds is 9. The van der Waals surface area contributed by atoms with Crippen molar-refractivity contribution in [1.29, 1.82) is 0 Å². The van der Waals surface area contributed by atoms with Crippen molar-refractivity contribution in [3.8, 4) is 0 Å². The maximum atomic E-state index is 12.6. The summed E-state index contributed by atoms with van der Waals surface area (Å²) in [4.78, 5) is 26.4. The van der Waals surface area contributed by atoms with Crippen LogP contribution in [0.25, 0.3) is 0 Å². The van der Waals surface area contributed by atoms with Gasteiger partial charge in [-0.3, -0.25) is 9.59 Å². The highest BCUT2D eigenvalue weighted by Crippen LogP contribution is 2.16. The summed E-state index contributed by atoms with van der Waals surface area (Å²) in [6.07, 6.45) is 0.606. The SMILES string of the molecule is Cc1ccccc1C(=O)NC(CC(C)C)C(=O)NCCSc1ccccc1. The number of carbonyl (C=O) groups excluding carboxylic acids is 2. The Morgan fingerprint density at radius 1 is 1.00 bits per heavy atom. The number of nitrogens with one attached hydrogen (secondary N) is 2. The van der Waals surface area contributed by atoms with Gasteiger partial charge in [-0.1, -0.05) is 50.2 Å². The van der Waals surface area contributed by atoms with Gasteiger partial charge in [0.15, 0.2) is 0 Å². The van der Waals surface area contributed by atoms with E-state index >= 15 is 0 Å². The number of hydrogen-bond donors (Lipinski definition) is 2. The molecule has 0 saturated carbocycles. The van der Waals surface area contributed by atoms with Gasteiger partial charge in [0.2, 0.25) is 5.91 Å². The third-order valence-corrected chi connectivity index (χ3v) is 5.15. The minimum Gasteiger partial charge on any atom is -0.353 e. The van der Waals surface area contributed by atoms with Gasteiger partial charge in [-0.25, -0.2) is 0 Å². The molecule has 0 aliphatic carbocycles. The molecule has 0 spiro atoms. The summed E-state index contributed by atoms with van der Waals surface area (Å²) in [6, 6.07) is 17.0. The normalized spacial score (nSPS) is 11.9. The number of amides is 2. The van der Waals surface area contributed by atoms with Gasteiger partial charge in [-0.15, -0.1) is 11.8 Å². The fourth-order valence-electron chi connectivity index (χ4n) is 2.75. The van der Waals surface area contributed by atoms with Gasteiger partial charge in [-0.05, 0) is 43.0 Å². The Bertz CT molecular complexity index is 747. The van der Waals surface area contributed by atoms with Crippen molar-refractivity contribution in [2.75, 3.05) is 12.3 Å². The topological polar surface area (TPSA) is 58.2 Å². The predicted octanol–water partition coefficient (Wildman–Crippen LogP) is 4.05. The molecule has 27 heavy (non-hydrogen) atoms. The molecule has 2 amide bonds. The molecule has 0 aliphatic rings. The van der Waals surface area contributed by atoms with E-state index in [1.165, 1.54) is 4.90 Å². The van der Waals surface area contributed by atoms with Crippen LogP contribution in [0.5, 0.6) is 0 Å². The van der Waals surface area contributed by atoms with Gasteiger partial charge in [0, 0.05) is 22.8 Å². The third-order valence-electron chi connectivity index (χ3n) is 4.13. The zero-order chi connectivity index (χ0) is 19.6. The number of thioether (sulfide) groups is 1. The first-order valence-electron chi connectivity index (χ1n) is 9.29. The van der Waals surface area contributed by atoms with E-state index < -0.39 is 6.04 Å². The molecule has 2 aromatic carbocycles.